The van der Waals surface area contributed by atoms with Crippen LogP contribution in [-0.4, -0.2) is 19.1 Å². The van der Waals surface area contributed by atoms with E-state index in [1.54, 1.807) is 6.08 Å². The molecule has 0 spiro atoms. The summed E-state index contributed by atoms with van der Waals surface area (Å²) in [6.45, 7) is 5.94. The lowest BCUT2D eigenvalue weighted by molar-refractivity contribution is -0.136. The van der Waals surface area contributed by atoms with Crippen LogP contribution in [0.3, 0.4) is 0 Å². The Morgan fingerprint density at radius 3 is 2.57 bits per heavy atom. The molecular formula is C11H19NO2. The van der Waals surface area contributed by atoms with Gasteiger partial charge in [-0.25, -0.2) is 4.79 Å². The molecule has 0 radical (unpaired) electrons. The molecule has 14 heavy (non-hydrogen) atoms. The lowest BCUT2D eigenvalue weighted by atomic mass is 10.2. The van der Waals surface area contributed by atoms with Crippen molar-refractivity contribution in [2.75, 3.05) is 7.11 Å². The molecule has 0 amide bonds. The first-order chi connectivity index (χ1) is 6.61. The second kappa shape index (κ2) is 7.18. The maximum atomic E-state index is 11.1. The molecule has 3 nitrogen and oxygen atoms in total. The van der Waals surface area contributed by atoms with Gasteiger partial charge < -0.3 is 10.1 Å². The molecule has 0 atom stereocenters. The molecule has 0 aliphatic carbocycles. The first-order valence-corrected chi connectivity index (χ1v) is 4.76. The fourth-order valence-electron chi connectivity index (χ4n) is 0.897. The Morgan fingerprint density at radius 2 is 2.14 bits per heavy atom. The highest BCUT2D eigenvalue weighted by atomic mass is 16.5. The summed E-state index contributed by atoms with van der Waals surface area (Å²) in [5.74, 6) is -0.262. The zero-order chi connectivity index (χ0) is 11.0. The van der Waals surface area contributed by atoms with E-state index in [2.05, 4.69) is 23.9 Å². The van der Waals surface area contributed by atoms with Crippen LogP contribution in [0.25, 0.3) is 0 Å². The summed E-state index contributed by atoms with van der Waals surface area (Å²) in [7, 11) is 1.39. The van der Waals surface area contributed by atoms with Gasteiger partial charge in [-0.2, -0.15) is 0 Å². The highest BCUT2D eigenvalue weighted by molar-refractivity contribution is 5.88. The van der Waals surface area contributed by atoms with E-state index in [1.807, 2.05) is 19.2 Å². The Labute approximate surface area is 85.8 Å². The van der Waals surface area contributed by atoms with Gasteiger partial charge in [0.1, 0.15) is 0 Å². The monoisotopic (exact) mass is 197 g/mol. The van der Waals surface area contributed by atoms with E-state index in [9.17, 15) is 4.79 Å². The number of hydrogen-bond acceptors (Lipinski definition) is 3. The zero-order valence-electron chi connectivity index (χ0n) is 9.33. The smallest absolute Gasteiger partial charge is 0.333 e. The predicted octanol–water partition coefficient (Wildman–Crippen LogP) is 2.01. The van der Waals surface area contributed by atoms with Gasteiger partial charge in [0.15, 0.2) is 0 Å². The minimum atomic E-state index is -0.262. The molecule has 0 aliphatic heterocycles. The van der Waals surface area contributed by atoms with Crippen molar-refractivity contribution in [2.24, 2.45) is 0 Å². The van der Waals surface area contributed by atoms with Crippen LogP contribution in [-0.2, 0) is 9.53 Å². The molecule has 0 aromatic heterocycles. The third-order valence-electron chi connectivity index (χ3n) is 1.68. The molecule has 0 rings (SSSR count). The number of ether oxygens (including phenoxy) is 1. The van der Waals surface area contributed by atoms with Crippen LogP contribution in [0.15, 0.2) is 23.9 Å². The van der Waals surface area contributed by atoms with Crippen molar-refractivity contribution in [3.8, 4) is 0 Å². The summed E-state index contributed by atoms with van der Waals surface area (Å²) in [4.78, 5) is 11.1. The normalized spacial score (nSPS) is 12.2. The van der Waals surface area contributed by atoms with Gasteiger partial charge in [0.25, 0.3) is 0 Å². The van der Waals surface area contributed by atoms with Crippen molar-refractivity contribution >= 4 is 5.97 Å². The summed E-state index contributed by atoms with van der Waals surface area (Å²) in [5, 5.41) is 3.12. The van der Waals surface area contributed by atoms with Gasteiger partial charge in [-0.1, -0.05) is 12.2 Å². The third-order valence-corrected chi connectivity index (χ3v) is 1.68. The highest BCUT2D eigenvalue weighted by Gasteiger charge is 2.04. The van der Waals surface area contributed by atoms with Gasteiger partial charge in [-0.15, -0.1) is 0 Å². The van der Waals surface area contributed by atoms with Crippen LogP contribution < -0.4 is 5.32 Å². The molecule has 0 fully saturated rings. The number of rotatable bonds is 5. The lowest BCUT2D eigenvalue weighted by Crippen LogP contribution is -2.15. The van der Waals surface area contributed by atoms with Crippen molar-refractivity contribution in [1.29, 1.82) is 0 Å². The van der Waals surface area contributed by atoms with E-state index in [-0.39, 0.29) is 5.97 Å². The summed E-state index contributed by atoms with van der Waals surface area (Å²) in [6, 6.07) is 0.415. The van der Waals surface area contributed by atoms with Gasteiger partial charge in [0, 0.05) is 11.6 Å². The van der Waals surface area contributed by atoms with Crippen molar-refractivity contribution in [2.45, 2.75) is 33.2 Å². The second-order valence-electron chi connectivity index (χ2n) is 3.23. The molecule has 0 saturated heterocycles. The number of methoxy groups -OCH3 is 1. The molecule has 0 aromatic carbocycles. The Balaban J connectivity index is 3.97. The zero-order valence-corrected chi connectivity index (χ0v) is 9.33. The molecule has 0 aliphatic rings. The summed E-state index contributed by atoms with van der Waals surface area (Å²) in [5.41, 5.74) is 0.675. The average molecular weight is 197 g/mol. The molecule has 0 aromatic rings. The topological polar surface area (TPSA) is 38.3 Å². The average Bonchev–Trinajstić information content (AvgIpc) is 2.16. The van der Waals surface area contributed by atoms with Gasteiger partial charge in [0.05, 0.1) is 7.11 Å². The largest absolute Gasteiger partial charge is 0.466 e. The van der Waals surface area contributed by atoms with Crippen LogP contribution in [0.4, 0.5) is 0 Å². The van der Waals surface area contributed by atoms with E-state index < -0.39 is 0 Å². The highest BCUT2D eigenvalue weighted by Crippen LogP contribution is 2.03. The predicted molar refractivity (Wildman–Crippen MR) is 57.8 cm³/mol. The maximum absolute atomic E-state index is 11.1. The summed E-state index contributed by atoms with van der Waals surface area (Å²) in [6.07, 6.45) is 6.14. The molecule has 0 heterocycles. The summed E-state index contributed by atoms with van der Waals surface area (Å²) < 4.78 is 4.62. The fourth-order valence-corrected chi connectivity index (χ4v) is 0.897. The van der Waals surface area contributed by atoms with E-state index in [0.717, 1.165) is 0 Å². The van der Waals surface area contributed by atoms with Crippen molar-refractivity contribution in [3.63, 3.8) is 0 Å². The fraction of sp³-hybridized carbons (Fsp3) is 0.545. The Hall–Kier alpha value is -1.25. The molecule has 80 valence electrons. The molecular weight excluding hydrogens is 178 g/mol. The minimum absolute atomic E-state index is 0.262. The molecule has 0 unspecified atom stereocenters. The van der Waals surface area contributed by atoms with Gasteiger partial charge in [-0.3, -0.25) is 0 Å². The number of esters is 1. The van der Waals surface area contributed by atoms with Crippen molar-refractivity contribution in [3.05, 3.63) is 23.9 Å². The van der Waals surface area contributed by atoms with Crippen LogP contribution in [0.2, 0.25) is 0 Å². The summed E-state index contributed by atoms with van der Waals surface area (Å²) >= 11 is 0. The number of carbonyl (C=O) groups excluding carboxylic acids is 1. The Kier molecular flexibility index (Phi) is 6.54. The number of nitrogens with one attached hydrogen (secondary N) is 1. The van der Waals surface area contributed by atoms with Gasteiger partial charge >= 0.3 is 5.97 Å². The van der Waals surface area contributed by atoms with Crippen LogP contribution in [0, 0.1) is 0 Å². The van der Waals surface area contributed by atoms with Crippen LogP contribution >= 0.6 is 0 Å². The van der Waals surface area contributed by atoms with E-state index in [4.69, 9.17) is 0 Å². The van der Waals surface area contributed by atoms with Gasteiger partial charge in [-0.05, 0) is 33.4 Å². The Morgan fingerprint density at radius 1 is 1.50 bits per heavy atom. The number of carbonyl (C=O) groups is 1. The first-order valence-electron chi connectivity index (χ1n) is 4.76. The van der Waals surface area contributed by atoms with Crippen LogP contribution in [0.5, 0.6) is 0 Å². The first kappa shape index (κ1) is 12.8. The van der Waals surface area contributed by atoms with Crippen molar-refractivity contribution in [1.82, 2.24) is 5.32 Å². The molecule has 1 N–H and O–H groups in total. The lowest BCUT2D eigenvalue weighted by Gasteiger charge is -2.03. The van der Waals surface area contributed by atoms with Gasteiger partial charge in [0.2, 0.25) is 0 Å². The standard InChI is InChI=1S/C11H19NO2/c1-5-10(11(13)14-4)7-6-8-12-9(2)3/h5-6,8-9,12H,7H2,1-4H3/b8-6-,10-5+. The molecule has 3 heteroatoms. The quantitative estimate of drug-likeness (QED) is 0.541. The van der Waals surface area contributed by atoms with E-state index in [1.165, 1.54) is 7.11 Å². The van der Waals surface area contributed by atoms with Crippen LogP contribution in [0.1, 0.15) is 27.2 Å². The van der Waals surface area contributed by atoms with Crippen molar-refractivity contribution < 1.29 is 9.53 Å². The SMILES string of the molecule is C/C=C(\C/C=C\NC(C)C)C(=O)OC. The second-order valence-corrected chi connectivity index (χ2v) is 3.23. The number of allylic oxidation sites excluding steroid dienone is 2. The van der Waals surface area contributed by atoms with E-state index >= 15 is 0 Å². The maximum Gasteiger partial charge on any atom is 0.333 e. The molecule has 0 saturated carbocycles. The Bertz CT molecular complexity index is 229. The third kappa shape index (κ3) is 5.41. The number of hydrogen-bond donors (Lipinski definition) is 1. The van der Waals surface area contributed by atoms with E-state index in [0.29, 0.717) is 18.0 Å². The minimum Gasteiger partial charge on any atom is -0.466 e. The molecule has 0 bridgehead atoms.